The molecule has 2 N–H and O–H groups in total. The second-order valence-corrected chi connectivity index (χ2v) is 4.61. The second kappa shape index (κ2) is 4.38. The van der Waals surface area contributed by atoms with Gasteiger partial charge in [-0.1, -0.05) is 6.92 Å². The van der Waals surface area contributed by atoms with Crippen LogP contribution in [0.3, 0.4) is 0 Å². The molecule has 2 heterocycles. The van der Waals surface area contributed by atoms with Crippen LogP contribution >= 0.6 is 0 Å². The first-order valence-corrected chi connectivity index (χ1v) is 6.35. The van der Waals surface area contributed by atoms with Gasteiger partial charge in [0.1, 0.15) is 0 Å². The normalized spacial score (nSPS) is 10.8. The van der Waals surface area contributed by atoms with Gasteiger partial charge in [0, 0.05) is 13.2 Å². The molecule has 3 rings (SSSR count). The zero-order valence-electron chi connectivity index (χ0n) is 11.3. The maximum Gasteiger partial charge on any atom is 0.206 e. The van der Waals surface area contributed by atoms with Gasteiger partial charge in [-0.15, -0.1) is 0 Å². The lowest BCUT2D eigenvalue weighted by atomic mass is 10.2. The summed E-state index contributed by atoms with van der Waals surface area (Å²) in [6.07, 6.45) is 2.71. The van der Waals surface area contributed by atoms with Crippen LogP contribution in [0.5, 0.6) is 0 Å². The van der Waals surface area contributed by atoms with Crippen molar-refractivity contribution in [2.24, 2.45) is 7.05 Å². The quantitative estimate of drug-likeness (QED) is 0.766. The molecule has 0 spiro atoms. The first-order valence-electron chi connectivity index (χ1n) is 6.35. The van der Waals surface area contributed by atoms with Crippen LogP contribution in [-0.4, -0.2) is 19.3 Å². The number of benzene rings is 1. The van der Waals surface area contributed by atoms with Gasteiger partial charge in [0.05, 0.1) is 34.0 Å². The Morgan fingerprint density at radius 2 is 2.20 bits per heavy atom. The Bertz CT molecular complexity index is 833. The molecule has 0 atom stereocenters. The molecule has 2 aromatic heterocycles. The van der Waals surface area contributed by atoms with E-state index in [0.29, 0.717) is 11.5 Å². The van der Waals surface area contributed by atoms with Gasteiger partial charge in [0.25, 0.3) is 0 Å². The minimum absolute atomic E-state index is 0.401. The van der Waals surface area contributed by atoms with Gasteiger partial charge in [0.2, 0.25) is 5.95 Å². The molecule has 0 unspecified atom stereocenters. The average Bonchev–Trinajstić information content (AvgIpc) is 2.96. The van der Waals surface area contributed by atoms with Gasteiger partial charge < -0.3 is 5.73 Å². The SMILES string of the molecule is CCc1nn(C)cc1-n1c(N)nc2ccc(C#N)cc21. The molecule has 0 fully saturated rings. The van der Waals surface area contributed by atoms with Crippen molar-refractivity contribution < 1.29 is 0 Å². The Morgan fingerprint density at radius 1 is 1.40 bits per heavy atom. The van der Waals surface area contributed by atoms with Crippen molar-refractivity contribution in [3.8, 4) is 11.8 Å². The van der Waals surface area contributed by atoms with Crippen LogP contribution in [0.25, 0.3) is 16.7 Å². The first kappa shape index (κ1) is 12.2. The van der Waals surface area contributed by atoms with E-state index < -0.39 is 0 Å². The second-order valence-electron chi connectivity index (χ2n) is 4.61. The molecule has 0 bridgehead atoms. The first-order chi connectivity index (χ1) is 9.63. The lowest BCUT2D eigenvalue weighted by molar-refractivity contribution is 0.746. The number of aryl methyl sites for hydroxylation is 2. The number of nitrogens with two attached hydrogens (primary N) is 1. The van der Waals surface area contributed by atoms with Crippen LogP contribution in [0.1, 0.15) is 18.2 Å². The summed E-state index contributed by atoms with van der Waals surface area (Å²) in [5.41, 5.74) is 10.1. The fourth-order valence-corrected chi connectivity index (χ4v) is 2.38. The van der Waals surface area contributed by atoms with Crippen molar-refractivity contribution in [1.82, 2.24) is 19.3 Å². The van der Waals surface area contributed by atoms with Crippen molar-refractivity contribution in [3.05, 3.63) is 35.7 Å². The molecule has 6 nitrogen and oxygen atoms in total. The number of imidazole rings is 1. The molecule has 0 saturated carbocycles. The van der Waals surface area contributed by atoms with Crippen molar-refractivity contribution in [2.75, 3.05) is 5.73 Å². The third-order valence-corrected chi connectivity index (χ3v) is 3.27. The summed E-state index contributed by atoms with van der Waals surface area (Å²) in [5, 5.41) is 13.5. The predicted molar refractivity (Wildman–Crippen MR) is 76.3 cm³/mol. The smallest absolute Gasteiger partial charge is 0.206 e. The van der Waals surface area contributed by atoms with E-state index in [1.54, 1.807) is 16.8 Å². The lowest BCUT2D eigenvalue weighted by Crippen LogP contribution is -2.02. The van der Waals surface area contributed by atoms with E-state index in [4.69, 9.17) is 11.0 Å². The number of nitriles is 1. The number of nitrogen functional groups attached to an aromatic ring is 1. The lowest BCUT2D eigenvalue weighted by Gasteiger charge is -2.05. The van der Waals surface area contributed by atoms with Crippen molar-refractivity contribution in [1.29, 1.82) is 5.26 Å². The zero-order chi connectivity index (χ0) is 14.3. The van der Waals surface area contributed by atoms with Gasteiger partial charge >= 0.3 is 0 Å². The number of aromatic nitrogens is 4. The van der Waals surface area contributed by atoms with E-state index in [0.717, 1.165) is 28.8 Å². The largest absolute Gasteiger partial charge is 0.369 e. The summed E-state index contributed by atoms with van der Waals surface area (Å²) in [5.74, 6) is 0.401. The number of fused-ring (bicyclic) bond motifs is 1. The summed E-state index contributed by atoms with van der Waals surface area (Å²) < 4.78 is 3.61. The highest BCUT2D eigenvalue weighted by Crippen LogP contribution is 2.25. The molecule has 0 saturated heterocycles. The monoisotopic (exact) mass is 266 g/mol. The molecule has 0 amide bonds. The Kier molecular flexibility index (Phi) is 2.68. The summed E-state index contributed by atoms with van der Waals surface area (Å²) in [6, 6.07) is 7.48. The third kappa shape index (κ3) is 1.72. The van der Waals surface area contributed by atoms with E-state index in [2.05, 4.69) is 16.2 Å². The van der Waals surface area contributed by atoms with Gasteiger partial charge in [-0.25, -0.2) is 4.98 Å². The fourth-order valence-electron chi connectivity index (χ4n) is 2.38. The van der Waals surface area contributed by atoms with Crippen LogP contribution in [-0.2, 0) is 13.5 Å². The molecule has 0 radical (unpaired) electrons. The summed E-state index contributed by atoms with van der Waals surface area (Å²) in [4.78, 5) is 4.34. The number of hydrogen-bond acceptors (Lipinski definition) is 4. The van der Waals surface area contributed by atoms with E-state index >= 15 is 0 Å². The number of anilines is 1. The topological polar surface area (TPSA) is 85.4 Å². The highest BCUT2D eigenvalue weighted by Gasteiger charge is 2.15. The number of rotatable bonds is 2. The Balaban J connectivity index is 2.35. The number of hydrogen-bond donors (Lipinski definition) is 1. The Morgan fingerprint density at radius 3 is 2.90 bits per heavy atom. The van der Waals surface area contributed by atoms with Gasteiger partial charge in [-0.05, 0) is 24.6 Å². The fraction of sp³-hybridized carbons (Fsp3) is 0.214. The van der Waals surface area contributed by atoms with Gasteiger partial charge in [-0.2, -0.15) is 10.4 Å². The minimum atomic E-state index is 0.401. The molecule has 0 aliphatic rings. The third-order valence-electron chi connectivity index (χ3n) is 3.27. The van der Waals surface area contributed by atoms with Crippen LogP contribution in [0.4, 0.5) is 5.95 Å². The van der Waals surface area contributed by atoms with Gasteiger partial charge in [0.15, 0.2) is 0 Å². The highest BCUT2D eigenvalue weighted by atomic mass is 15.3. The minimum Gasteiger partial charge on any atom is -0.369 e. The summed E-state index contributed by atoms with van der Waals surface area (Å²) in [6.45, 7) is 2.04. The molecule has 100 valence electrons. The standard InChI is InChI=1S/C14H14N6/c1-3-10-13(8-19(2)18-10)20-12-6-9(7-15)4-5-11(12)17-14(20)16/h4-6,8H,3H2,1-2H3,(H2,16,17). The van der Waals surface area contributed by atoms with E-state index in [1.807, 2.05) is 30.8 Å². The maximum atomic E-state index is 9.04. The molecule has 0 aliphatic heterocycles. The molecule has 3 aromatic rings. The van der Waals surface area contributed by atoms with Crippen molar-refractivity contribution in [3.63, 3.8) is 0 Å². The molecule has 0 aliphatic carbocycles. The Hall–Kier alpha value is -2.81. The predicted octanol–water partition coefficient (Wildman–Crippen LogP) is 1.78. The molecule has 1 aromatic carbocycles. The highest BCUT2D eigenvalue weighted by molar-refractivity contribution is 5.82. The van der Waals surface area contributed by atoms with Crippen molar-refractivity contribution >= 4 is 17.0 Å². The maximum absolute atomic E-state index is 9.04. The van der Waals surface area contributed by atoms with Crippen LogP contribution in [0.15, 0.2) is 24.4 Å². The van der Waals surface area contributed by atoms with Crippen LogP contribution < -0.4 is 5.73 Å². The van der Waals surface area contributed by atoms with E-state index in [9.17, 15) is 0 Å². The zero-order valence-corrected chi connectivity index (χ0v) is 11.3. The molecular formula is C14H14N6. The molecule has 20 heavy (non-hydrogen) atoms. The molecular weight excluding hydrogens is 252 g/mol. The van der Waals surface area contributed by atoms with E-state index in [-0.39, 0.29) is 0 Å². The van der Waals surface area contributed by atoms with Crippen molar-refractivity contribution in [2.45, 2.75) is 13.3 Å². The Labute approximate surface area is 116 Å². The van der Waals surface area contributed by atoms with Gasteiger partial charge in [-0.3, -0.25) is 9.25 Å². The average molecular weight is 266 g/mol. The van der Waals surface area contributed by atoms with E-state index in [1.165, 1.54) is 0 Å². The number of nitrogens with zero attached hydrogens (tertiary/aromatic N) is 5. The van der Waals surface area contributed by atoms with Crippen LogP contribution in [0.2, 0.25) is 0 Å². The summed E-state index contributed by atoms with van der Waals surface area (Å²) >= 11 is 0. The summed E-state index contributed by atoms with van der Waals surface area (Å²) in [7, 11) is 1.87. The molecule has 6 heteroatoms. The van der Waals surface area contributed by atoms with Crippen LogP contribution in [0, 0.1) is 11.3 Å².